The van der Waals surface area contributed by atoms with Gasteiger partial charge < -0.3 is 10.6 Å². The van der Waals surface area contributed by atoms with E-state index in [0.717, 1.165) is 56.7 Å². The molecule has 0 atom stereocenters. The first kappa shape index (κ1) is 12.7. The predicted octanol–water partition coefficient (Wildman–Crippen LogP) is 0.949. The zero-order chi connectivity index (χ0) is 13.1. The molecule has 0 aromatic carbocycles. The minimum atomic E-state index is 0.0571. The Kier molecular flexibility index (Phi) is 3.82. The van der Waals surface area contributed by atoms with Crippen LogP contribution in [0.2, 0.25) is 0 Å². The number of carbonyl (C=O) groups excluding carboxylic acids is 1. The van der Waals surface area contributed by atoms with Crippen molar-refractivity contribution in [2.24, 2.45) is 5.92 Å². The summed E-state index contributed by atoms with van der Waals surface area (Å²) in [5.41, 5.74) is 1.91. The molecule has 2 aliphatic rings. The van der Waals surface area contributed by atoms with E-state index in [9.17, 15) is 4.79 Å². The summed E-state index contributed by atoms with van der Waals surface area (Å²) < 4.78 is 1.99. The van der Waals surface area contributed by atoms with E-state index in [2.05, 4.69) is 15.7 Å². The van der Waals surface area contributed by atoms with Crippen molar-refractivity contribution in [3.8, 4) is 0 Å². The van der Waals surface area contributed by atoms with E-state index in [-0.39, 0.29) is 5.91 Å². The number of hydrogen-bond donors (Lipinski definition) is 2. The van der Waals surface area contributed by atoms with E-state index in [1.165, 1.54) is 12.8 Å². The van der Waals surface area contributed by atoms with Crippen molar-refractivity contribution >= 4 is 5.91 Å². The van der Waals surface area contributed by atoms with Gasteiger partial charge in [0.2, 0.25) is 0 Å². The molecule has 0 aliphatic carbocycles. The molecule has 1 aromatic heterocycles. The summed E-state index contributed by atoms with van der Waals surface area (Å²) in [5.74, 6) is 0.679. The minimum Gasteiger partial charge on any atom is -0.352 e. The highest BCUT2D eigenvalue weighted by molar-refractivity contribution is 5.95. The van der Waals surface area contributed by atoms with Gasteiger partial charge in [-0.3, -0.25) is 9.48 Å². The van der Waals surface area contributed by atoms with Crippen LogP contribution in [0.25, 0.3) is 0 Å². The lowest BCUT2D eigenvalue weighted by Crippen LogP contribution is -2.36. The second-order valence-electron chi connectivity index (χ2n) is 5.59. The van der Waals surface area contributed by atoms with E-state index in [0.29, 0.717) is 5.92 Å². The number of nitrogens with zero attached hydrogens (tertiary/aromatic N) is 2. The Hall–Kier alpha value is -1.36. The van der Waals surface area contributed by atoms with E-state index in [1.54, 1.807) is 6.20 Å². The molecule has 5 nitrogen and oxygen atoms in total. The third kappa shape index (κ3) is 2.81. The lowest BCUT2D eigenvalue weighted by atomic mass is 9.98. The molecule has 2 aliphatic heterocycles. The molecule has 104 valence electrons. The summed E-state index contributed by atoms with van der Waals surface area (Å²) in [5, 5.41) is 10.7. The van der Waals surface area contributed by atoms with Crippen molar-refractivity contribution in [2.45, 2.75) is 38.6 Å². The summed E-state index contributed by atoms with van der Waals surface area (Å²) in [6, 6.07) is 0. The van der Waals surface area contributed by atoms with Gasteiger partial charge in [0, 0.05) is 13.1 Å². The summed E-state index contributed by atoms with van der Waals surface area (Å²) in [7, 11) is 0. The number of amides is 1. The van der Waals surface area contributed by atoms with E-state index < -0.39 is 0 Å². The predicted molar refractivity (Wildman–Crippen MR) is 73.1 cm³/mol. The third-order valence-electron chi connectivity index (χ3n) is 4.24. The SMILES string of the molecule is O=C(NCC1CCNCC1)c1cnn2c1CCCC2. The smallest absolute Gasteiger partial charge is 0.254 e. The second kappa shape index (κ2) is 5.74. The molecule has 1 amide bonds. The highest BCUT2D eigenvalue weighted by Crippen LogP contribution is 2.18. The van der Waals surface area contributed by atoms with Crippen molar-refractivity contribution in [1.29, 1.82) is 0 Å². The molecule has 2 N–H and O–H groups in total. The largest absolute Gasteiger partial charge is 0.352 e. The van der Waals surface area contributed by atoms with E-state index >= 15 is 0 Å². The van der Waals surface area contributed by atoms with Crippen LogP contribution in [-0.2, 0) is 13.0 Å². The topological polar surface area (TPSA) is 59.0 Å². The molecule has 0 saturated carbocycles. The zero-order valence-electron chi connectivity index (χ0n) is 11.3. The highest BCUT2D eigenvalue weighted by atomic mass is 16.1. The summed E-state index contributed by atoms with van der Waals surface area (Å²) in [4.78, 5) is 12.2. The molecular formula is C14H22N4O. The Balaban J connectivity index is 1.59. The maximum atomic E-state index is 12.2. The first-order valence-corrected chi connectivity index (χ1v) is 7.38. The fourth-order valence-electron chi connectivity index (χ4n) is 3.03. The van der Waals surface area contributed by atoms with Crippen LogP contribution in [0, 0.1) is 5.92 Å². The molecule has 3 rings (SSSR count). The van der Waals surface area contributed by atoms with E-state index in [1.807, 2.05) is 4.68 Å². The van der Waals surface area contributed by atoms with Crippen molar-refractivity contribution in [3.63, 3.8) is 0 Å². The summed E-state index contributed by atoms with van der Waals surface area (Å²) in [6.07, 6.45) is 7.37. The van der Waals surface area contributed by atoms with Gasteiger partial charge in [0.25, 0.3) is 5.91 Å². The van der Waals surface area contributed by atoms with Gasteiger partial charge in [-0.25, -0.2) is 0 Å². The standard InChI is InChI=1S/C14H22N4O/c19-14(16-9-11-4-6-15-7-5-11)12-10-17-18-8-2-1-3-13(12)18/h10-11,15H,1-9H2,(H,16,19). The fourth-order valence-corrected chi connectivity index (χ4v) is 3.03. The molecule has 1 aromatic rings. The second-order valence-corrected chi connectivity index (χ2v) is 5.59. The Labute approximate surface area is 113 Å². The molecule has 0 bridgehead atoms. The van der Waals surface area contributed by atoms with Crippen LogP contribution in [-0.4, -0.2) is 35.3 Å². The number of aromatic nitrogens is 2. The van der Waals surface area contributed by atoms with Crippen LogP contribution in [0.1, 0.15) is 41.7 Å². The van der Waals surface area contributed by atoms with Gasteiger partial charge >= 0.3 is 0 Å². The number of carbonyl (C=O) groups is 1. The van der Waals surface area contributed by atoms with Crippen molar-refractivity contribution in [3.05, 3.63) is 17.5 Å². The van der Waals surface area contributed by atoms with Crippen LogP contribution in [0.5, 0.6) is 0 Å². The van der Waals surface area contributed by atoms with Gasteiger partial charge in [-0.15, -0.1) is 0 Å². The Bertz CT molecular complexity index is 448. The average Bonchev–Trinajstić information content (AvgIpc) is 2.90. The number of hydrogen-bond acceptors (Lipinski definition) is 3. The molecule has 5 heteroatoms. The van der Waals surface area contributed by atoms with Crippen LogP contribution in [0.15, 0.2) is 6.20 Å². The molecule has 1 saturated heterocycles. The number of aryl methyl sites for hydroxylation is 1. The fraction of sp³-hybridized carbons (Fsp3) is 0.714. The molecule has 19 heavy (non-hydrogen) atoms. The number of fused-ring (bicyclic) bond motifs is 1. The highest BCUT2D eigenvalue weighted by Gasteiger charge is 2.20. The van der Waals surface area contributed by atoms with Gasteiger partial charge in [-0.2, -0.15) is 5.10 Å². The molecule has 3 heterocycles. The molecule has 0 unspecified atom stereocenters. The van der Waals surface area contributed by atoms with Crippen molar-refractivity contribution < 1.29 is 4.79 Å². The van der Waals surface area contributed by atoms with Crippen LogP contribution in [0.3, 0.4) is 0 Å². The van der Waals surface area contributed by atoms with Gasteiger partial charge in [-0.05, 0) is 51.1 Å². The maximum Gasteiger partial charge on any atom is 0.254 e. The first-order valence-electron chi connectivity index (χ1n) is 7.38. The van der Waals surface area contributed by atoms with Gasteiger partial charge in [0.15, 0.2) is 0 Å². The van der Waals surface area contributed by atoms with Crippen LogP contribution >= 0.6 is 0 Å². The van der Waals surface area contributed by atoms with Gasteiger partial charge in [0.05, 0.1) is 17.5 Å². The van der Waals surface area contributed by atoms with Gasteiger partial charge in [0.1, 0.15) is 0 Å². The minimum absolute atomic E-state index is 0.0571. The maximum absolute atomic E-state index is 12.2. The number of piperidine rings is 1. The monoisotopic (exact) mass is 262 g/mol. The first-order chi connectivity index (χ1) is 9.34. The van der Waals surface area contributed by atoms with Crippen LogP contribution in [0.4, 0.5) is 0 Å². The van der Waals surface area contributed by atoms with Crippen molar-refractivity contribution in [2.75, 3.05) is 19.6 Å². The number of nitrogens with one attached hydrogen (secondary N) is 2. The Morgan fingerprint density at radius 1 is 1.42 bits per heavy atom. The lowest BCUT2D eigenvalue weighted by Gasteiger charge is -2.22. The third-order valence-corrected chi connectivity index (χ3v) is 4.24. The normalized spacial score (nSPS) is 20.0. The molecule has 1 fully saturated rings. The van der Waals surface area contributed by atoms with Gasteiger partial charge in [-0.1, -0.05) is 0 Å². The lowest BCUT2D eigenvalue weighted by molar-refractivity contribution is 0.0943. The summed E-state index contributed by atoms with van der Waals surface area (Å²) in [6.45, 7) is 3.90. The average molecular weight is 262 g/mol. The quantitative estimate of drug-likeness (QED) is 0.852. The Morgan fingerprint density at radius 3 is 3.11 bits per heavy atom. The molecular weight excluding hydrogens is 240 g/mol. The summed E-state index contributed by atoms with van der Waals surface area (Å²) >= 11 is 0. The van der Waals surface area contributed by atoms with Crippen LogP contribution < -0.4 is 10.6 Å². The molecule has 0 radical (unpaired) electrons. The number of rotatable bonds is 3. The Morgan fingerprint density at radius 2 is 2.26 bits per heavy atom. The van der Waals surface area contributed by atoms with Crippen molar-refractivity contribution in [1.82, 2.24) is 20.4 Å². The molecule has 0 spiro atoms. The van der Waals surface area contributed by atoms with E-state index in [4.69, 9.17) is 0 Å². The zero-order valence-corrected chi connectivity index (χ0v) is 11.3.